The number of carbonyl (C=O) groups is 1. The molecule has 8 heteroatoms. The van der Waals surface area contributed by atoms with Gasteiger partial charge in [0, 0.05) is 13.1 Å². The summed E-state index contributed by atoms with van der Waals surface area (Å²) >= 11 is 0. The summed E-state index contributed by atoms with van der Waals surface area (Å²) in [4.78, 5) is 32.6. The van der Waals surface area contributed by atoms with E-state index in [0.717, 1.165) is 19.3 Å². The molecule has 34 heavy (non-hydrogen) atoms. The van der Waals surface area contributed by atoms with Crippen molar-refractivity contribution in [3.63, 3.8) is 0 Å². The predicted molar refractivity (Wildman–Crippen MR) is 127 cm³/mol. The number of hydrogen-bond acceptors (Lipinski definition) is 4. The molecule has 7 nitrogen and oxygen atoms in total. The Labute approximate surface area is 196 Å². The van der Waals surface area contributed by atoms with Gasteiger partial charge in [-0.3, -0.25) is 14.2 Å². The Morgan fingerprint density at radius 1 is 1.09 bits per heavy atom. The van der Waals surface area contributed by atoms with E-state index < -0.39 is 6.04 Å². The molecule has 1 unspecified atom stereocenters. The van der Waals surface area contributed by atoms with Gasteiger partial charge in [-0.2, -0.15) is 5.10 Å². The van der Waals surface area contributed by atoms with Gasteiger partial charge >= 0.3 is 0 Å². The quantitative estimate of drug-likeness (QED) is 0.456. The fourth-order valence-electron chi connectivity index (χ4n) is 4.66. The molecule has 1 atom stereocenters. The Morgan fingerprint density at radius 3 is 2.50 bits per heavy atom. The van der Waals surface area contributed by atoms with Crippen molar-refractivity contribution in [1.29, 1.82) is 0 Å². The van der Waals surface area contributed by atoms with Crippen LogP contribution in [0.1, 0.15) is 31.4 Å². The molecule has 1 amide bonds. The van der Waals surface area contributed by atoms with Gasteiger partial charge in [0.15, 0.2) is 5.65 Å². The van der Waals surface area contributed by atoms with Crippen LogP contribution >= 0.6 is 0 Å². The minimum atomic E-state index is -0.663. The number of nitrogens with zero attached hydrogens (tertiary/aromatic N) is 5. The molecule has 1 saturated heterocycles. The molecule has 5 rings (SSSR count). The summed E-state index contributed by atoms with van der Waals surface area (Å²) in [5.74, 6) is 0.124. The topological polar surface area (TPSA) is 73.0 Å². The second kappa shape index (κ2) is 9.21. The van der Waals surface area contributed by atoms with Crippen LogP contribution < -0.4 is 5.56 Å². The highest BCUT2D eigenvalue weighted by Gasteiger charge is 2.28. The first-order valence-electron chi connectivity index (χ1n) is 11.5. The van der Waals surface area contributed by atoms with Crippen molar-refractivity contribution in [1.82, 2.24) is 24.2 Å². The van der Waals surface area contributed by atoms with Gasteiger partial charge in [-0.1, -0.05) is 30.3 Å². The Morgan fingerprint density at radius 2 is 1.79 bits per heavy atom. The molecule has 1 aliphatic heterocycles. The van der Waals surface area contributed by atoms with Gasteiger partial charge in [-0.25, -0.2) is 14.1 Å². The van der Waals surface area contributed by atoms with E-state index >= 15 is 0 Å². The van der Waals surface area contributed by atoms with Crippen LogP contribution in [0.25, 0.3) is 16.7 Å². The summed E-state index contributed by atoms with van der Waals surface area (Å²) in [5, 5.41) is 4.57. The standard InChI is InChI=1S/C26H26FN5O2/c1-18(25(33)30-13-11-20(12-14-30)15-19-5-3-2-4-6-19)31-17-28-24-23(26(31)34)16-29-32(24)22-9-7-21(27)8-10-22/h2-10,16-18,20H,11-15H2,1H3. The molecular weight excluding hydrogens is 433 g/mol. The zero-order valence-electron chi connectivity index (χ0n) is 19.0. The largest absolute Gasteiger partial charge is 0.341 e. The van der Waals surface area contributed by atoms with E-state index in [1.54, 1.807) is 19.1 Å². The lowest BCUT2D eigenvalue weighted by atomic mass is 9.90. The molecule has 2 aromatic carbocycles. The van der Waals surface area contributed by atoms with Gasteiger partial charge in [-0.15, -0.1) is 0 Å². The molecule has 0 bridgehead atoms. The number of rotatable bonds is 5. The van der Waals surface area contributed by atoms with Gasteiger partial charge in [0.25, 0.3) is 5.56 Å². The second-order valence-corrected chi connectivity index (χ2v) is 8.86. The van der Waals surface area contributed by atoms with E-state index in [0.29, 0.717) is 35.7 Å². The molecule has 2 aromatic heterocycles. The maximum absolute atomic E-state index is 13.3. The SMILES string of the molecule is CC(C(=O)N1CCC(Cc2ccccc2)CC1)n1cnc2c(cnn2-c2ccc(F)cc2)c1=O. The fraction of sp³-hybridized carbons (Fsp3) is 0.308. The zero-order chi connectivity index (χ0) is 23.7. The molecule has 0 radical (unpaired) electrons. The predicted octanol–water partition coefficient (Wildman–Crippen LogP) is 3.76. The van der Waals surface area contributed by atoms with Gasteiger partial charge in [0.05, 0.1) is 11.9 Å². The first-order chi connectivity index (χ1) is 16.5. The van der Waals surface area contributed by atoms with Crippen molar-refractivity contribution in [3.05, 3.63) is 88.9 Å². The molecule has 4 aromatic rings. The molecule has 174 valence electrons. The highest BCUT2D eigenvalue weighted by Crippen LogP contribution is 2.23. The Kier molecular flexibility index (Phi) is 5.96. The number of piperidine rings is 1. The molecule has 0 N–H and O–H groups in total. The van der Waals surface area contributed by atoms with Gasteiger partial charge in [-0.05, 0) is 61.9 Å². The van der Waals surface area contributed by atoms with Crippen LogP contribution in [-0.2, 0) is 11.2 Å². The van der Waals surface area contributed by atoms with Crippen molar-refractivity contribution in [2.24, 2.45) is 5.92 Å². The van der Waals surface area contributed by atoms with E-state index in [1.807, 2.05) is 11.0 Å². The maximum atomic E-state index is 13.3. The molecular formula is C26H26FN5O2. The lowest BCUT2D eigenvalue weighted by molar-refractivity contribution is -0.135. The normalized spacial score (nSPS) is 15.5. The van der Waals surface area contributed by atoms with E-state index in [1.165, 1.54) is 39.5 Å². The third-order valence-corrected chi connectivity index (χ3v) is 6.65. The number of likely N-dealkylation sites (tertiary alicyclic amines) is 1. The van der Waals surface area contributed by atoms with E-state index in [9.17, 15) is 14.0 Å². The van der Waals surface area contributed by atoms with Crippen LogP contribution in [0.4, 0.5) is 4.39 Å². The van der Waals surface area contributed by atoms with E-state index in [2.05, 4.69) is 34.3 Å². The minimum Gasteiger partial charge on any atom is -0.341 e. The lowest BCUT2D eigenvalue weighted by Crippen LogP contribution is -2.43. The number of fused-ring (bicyclic) bond motifs is 1. The number of benzene rings is 2. The lowest BCUT2D eigenvalue weighted by Gasteiger charge is -2.34. The van der Waals surface area contributed by atoms with Crippen LogP contribution in [0, 0.1) is 11.7 Å². The van der Waals surface area contributed by atoms with Gasteiger partial charge in [0.2, 0.25) is 5.91 Å². The van der Waals surface area contributed by atoms with Crippen LogP contribution in [0.5, 0.6) is 0 Å². The van der Waals surface area contributed by atoms with E-state index in [4.69, 9.17) is 0 Å². The number of hydrogen-bond donors (Lipinski definition) is 0. The summed E-state index contributed by atoms with van der Waals surface area (Å²) in [6.07, 6.45) is 5.76. The number of halogens is 1. The molecule has 0 saturated carbocycles. The summed E-state index contributed by atoms with van der Waals surface area (Å²) in [7, 11) is 0. The summed E-state index contributed by atoms with van der Waals surface area (Å²) in [6, 6.07) is 15.6. The van der Waals surface area contributed by atoms with Gasteiger partial charge in [0.1, 0.15) is 23.6 Å². The summed E-state index contributed by atoms with van der Waals surface area (Å²) in [5.41, 5.74) is 1.98. The molecule has 1 aliphatic rings. The smallest absolute Gasteiger partial charge is 0.265 e. The monoisotopic (exact) mass is 459 g/mol. The highest BCUT2D eigenvalue weighted by atomic mass is 19.1. The third-order valence-electron chi connectivity index (χ3n) is 6.65. The second-order valence-electron chi connectivity index (χ2n) is 8.86. The molecule has 0 spiro atoms. The molecule has 1 fully saturated rings. The van der Waals surface area contributed by atoms with Gasteiger partial charge < -0.3 is 4.90 Å². The molecule has 3 heterocycles. The van der Waals surface area contributed by atoms with Crippen molar-refractivity contribution in [3.8, 4) is 5.69 Å². The van der Waals surface area contributed by atoms with Crippen LogP contribution in [0.2, 0.25) is 0 Å². The number of amides is 1. The third kappa shape index (κ3) is 4.23. The minimum absolute atomic E-state index is 0.0765. The van der Waals surface area contributed by atoms with Crippen LogP contribution in [0.3, 0.4) is 0 Å². The Balaban J connectivity index is 1.30. The maximum Gasteiger partial charge on any atom is 0.265 e. The first-order valence-corrected chi connectivity index (χ1v) is 11.5. The molecule has 0 aliphatic carbocycles. The van der Waals surface area contributed by atoms with Crippen LogP contribution in [-0.4, -0.2) is 43.2 Å². The average molecular weight is 460 g/mol. The summed E-state index contributed by atoms with van der Waals surface area (Å²) < 4.78 is 16.1. The van der Waals surface area contributed by atoms with Crippen molar-refractivity contribution < 1.29 is 9.18 Å². The zero-order valence-corrected chi connectivity index (χ0v) is 19.0. The average Bonchev–Trinajstić information content (AvgIpc) is 3.30. The van der Waals surface area contributed by atoms with Crippen molar-refractivity contribution in [2.75, 3.05) is 13.1 Å². The summed E-state index contributed by atoms with van der Waals surface area (Å²) in [6.45, 7) is 3.11. The highest BCUT2D eigenvalue weighted by molar-refractivity contribution is 5.81. The van der Waals surface area contributed by atoms with E-state index in [-0.39, 0.29) is 17.3 Å². The Hall–Kier alpha value is -3.81. The first kappa shape index (κ1) is 22.0. The fourth-order valence-corrected chi connectivity index (χ4v) is 4.66. The number of aromatic nitrogens is 4. The van der Waals surface area contributed by atoms with Crippen molar-refractivity contribution in [2.45, 2.75) is 32.2 Å². The Bertz CT molecular complexity index is 1360. The van der Waals surface area contributed by atoms with Crippen molar-refractivity contribution >= 4 is 16.9 Å². The van der Waals surface area contributed by atoms with Crippen LogP contribution in [0.15, 0.2) is 71.9 Å². The number of carbonyl (C=O) groups excluding carboxylic acids is 1.